The number of H-pyrrole nitrogens is 1. The van der Waals surface area contributed by atoms with Crippen LogP contribution in [-0.2, 0) is 6.54 Å². The van der Waals surface area contributed by atoms with Gasteiger partial charge in [0, 0.05) is 67.7 Å². The van der Waals surface area contributed by atoms with Gasteiger partial charge in [-0.2, -0.15) is 5.10 Å². The van der Waals surface area contributed by atoms with Crippen molar-refractivity contribution < 1.29 is 9.18 Å². The van der Waals surface area contributed by atoms with Crippen molar-refractivity contribution in [3.63, 3.8) is 0 Å². The average molecular weight is 503 g/mol. The van der Waals surface area contributed by atoms with Crippen molar-refractivity contribution >= 4 is 16.9 Å². The Hall–Kier alpha value is -3.63. The summed E-state index contributed by atoms with van der Waals surface area (Å²) in [6.07, 6.45) is 9.48. The molecular weight excluding hydrogens is 471 g/mol. The van der Waals surface area contributed by atoms with E-state index in [1.807, 2.05) is 48.4 Å². The number of fused-ring (bicyclic) bond motifs is 1. The van der Waals surface area contributed by atoms with Crippen LogP contribution in [0.25, 0.3) is 22.3 Å². The molecule has 6 rings (SSSR count). The summed E-state index contributed by atoms with van der Waals surface area (Å²) in [4.78, 5) is 31.2. The van der Waals surface area contributed by atoms with E-state index in [2.05, 4.69) is 35.8 Å². The Labute approximate surface area is 214 Å². The molecule has 0 bridgehead atoms. The predicted octanol–water partition coefficient (Wildman–Crippen LogP) is 3.18. The van der Waals surface area contributed by atoms with Gasteiger partial charge in [-0.1, -0.05) is 0 Å². The van der Waals surface area contributed by atoms with E-state index >= 15 is 0 Å². The van der Waals surface area contributed by atoms with E-state index in [9.17, 15) is 9.18 Å². The molecule has 2 fully saturated rings. The number of hydrogen-bond acceptors (Lipinski definition) is 6. The maximum absolute atomic E-state index is 14.1. The highest BCUT2D eigenvalue weighted by molar-refractivity contribution is 5.94. The number of amides is 1. The summed E-state index contributed by atoms with van der Waals surface area (Å²) in [6, 6.07) is 7.51. The van der Waals surface area contributed by atoms with Gasteiger partial charge in [0.1, 0.15) is 17.8 Å². The fourth-order valence-corrected chi connectivity index (χ4v) is 5.54. The fourth-order valence-electron chi connectivity index (χ4n) is 5.54. The highest BCUT2D eigenvalue weighted by Gasteiger charge is 2.37. The van der Waals surface area contributed by atoms with Crippen molar-refractivity contribution in [2.75, 3.05) is 40.3 Å². The van der Waals surface area contributed by atoms with Gasteiger partial charge in [0.15, 0.2) is 0 Å². The summed E-state index contributed by atoms with van der Waals surface area (Å²) >= 11 is 0. The van der Waals surface area contributed by atoms with Crippen LogP contribution in [0.3, 0.4) is 0 Å². The largest absolute Gasteiger partial charge is 0.346 e. The molecule has 1 aliphatic carbocycles. The maximum atomic E-state index is 14.1. The average Bonchev–Trinajstić information content (AvgIpc) is 3.52. The molecule has 9 nitrogen and oxygen atoms in total. The van der Waals surface area contributed by atoms with Crippen LogP contribution in [0.15, 0.2) is 49.2 Å². The van der Waals surface area contributed by atoms with E-state index in [0.717, 1.165) is 53.8 Å². The van der Waals surface area contributed by atoms with Crippen molar-refractivity contribution in [3.05, 3.63) is 66.1 Å². The molecule has 0 atom stereocenters. The minimum absolute atomic E-state index is 0.0871. The Balaban J connectivity index is 1.04. The molecule has 2 aliphatic rings. The Bertz CT molecular complexity index is 1410. The molecule has 1 saturated carbocycles. The van der Waals surface area contributed by atoms with Crippen molar-refractivity contribution in [3.8, 4) is 11.3 Å². The third-order valence-electron chi connectivity index (χ3n) is 7.51. The summed E-state index contributed by atoms with van der Waals surface area (Å²) in [6.45, 7) is 3.58. The smallest absolute Gasteiger partial charge is 0.254 e. The van der Waals surface area contributed by atoms with E-state index < -0.39 is 0 Å². The van der Waals surface area contributed by atoms with Crippen LogP contribution in [0.4, 0.5) is 4.39 Å². The van der Waals surface area contributed by atoms with Crippen LogP contribution >= 0.6 is 0 Å². The topological polar surface area (TPSA) is 86.2 Å². The first-order chi connectivity index (χ1) is 17.9. The Morgan fingerprint density at radius 1 is 1.11 bits per heavy atom. The lowest BCUT2D eigenvalue weighted by Crippen LogP contribution is -2.55. The standard InChI is InChI=1S/C27H31FN8O/c1-33(2)15-18-9-19(11-21(28)10-18)27(37)35-7-5-34(6-8-35)22-12-23(13-22)36-16-20(14-32-36)25-24-3-4-29-26(24)31-17-30-25/h3-4,9-11,14,16-17,22-23H,5-8,12-13,15H2,1-2H3,(H,29,30,31). The van der Waals surface area contributed by atoms with Gasteiger partial charge in [-0.25, -0.2) is 14.4 Å². The zero-order valence-electron chi connectivity index (χ0n) is 21.1. The maximum Gasteiger partial charge on any atom is 0.254 e. The monoisotopic (exact) mass is 502 g/mol. The summed E-state index contributed by atoms with van der Waals surface area (Å²) in [7, 11) is 3.86. The number of carbonyl (C=O) groups excluding carboxylic acids is 1. The number of piperazine rings is 1. The van der Waals surface area contributed by atoms with E-state index in [-0.39, 0.29) is 11.7 Å². The Kier molecular flexibility index (Phi) is 6.21. The van der Waals surface area contributed by atoms with E-state index in [4.69, 9.17) is 0 Å². The molecule has 1 amide bonds. The van der Waals surface area contributed by atoms with Crippen LogP contribution in [0, 0.1) is 5.82 Å². The fraction of sp³-hybridized carbons (Fsp3) is 0.407. The molecule has 3 aromatic heterocycles. The first-order valence-electron chi connectivity index (χ1n) is 12.7. The van der Waals surface area contributed by atoms with Gasteiger partial charge in [0.2, 0.25) is 0 Å². The number of aromatic nitrogens is 5. The molecule has 0 unspecified atom stereocenters. The summed E-state index contributed by atoms with van der Waals surface area (Å²) < 4.78 is 16.2. The van der Waals surface area contributed by atoms with Gasteiger partial charge in [0.25, 0.3) is 5.91 Å². The molecule has 1 saturated heterocycles. The van der Waals surface area contributed by atoms with Gasteiger partial charge in [-0.3, -0.25) is 14.4 Å². The second-order valence-corrected chi connectivity index (χ2v) is 10.4. The van der Waals surface area contributed by atoms with Gasteiger partial charge >= 0.3 is 0 Å². The Morgan fingerprint density at radius 2 is 1.92 bits per heavy atom. The molecule has 1 N–H and O–H groups in total. The number of rotatable bonds is 6. The highest BCUT2D eigenvalue weighted by atomic mass is 19.1. The molecule has 1 aliphatic heterocycles. The second-order valence-electron chi connectivity index (χ2n) is 10.4. The molecule has 10 heteroatoms. The van der Waals surface area contributed by atoms with E-state index in [1.54, 1.807) is 6.33 Å². The highest BCUT2D eigenvalue weighted by Crippen LogP contribution is 2.37. The normalized spacial score (nSPS) is 20.5. The van der Waals surface area contributed by atoms with Crippen LogP contribution in [0.1, 0.15) is 34.8 Å². The second kappa shape index (κ2) is 9.68. The number of nitrogens with zero attached hydrogens (tertiary/aromatic N) is 7. The van der Waals surface area contributed by atoms with Gasteiger partial charge in [0.05, 0.1) is 17.9 Å². The van der Waals surface area contributed by atoms with Crippen LogP contribution in [0.5, 0.6) is 0 Å². The molecule has 0 spiro atoms. The number of aromatic amines is 1. The van der Waals surface area contributed by atoms with Crippen LogP contribution < -0.4 is 0 Å². The quantitative estimate of drug-likeness (QED) is 0.436. The van der Waals surface area contributed by atoms with Crippen molar-refractivity contribution in [1.29, 1.82) is 0 Å². The number of nitrogens with one attached hydrogen (secondary N) is 1. The summed E-state index contributed by atoms with van der Waals surface area (Å²) in [5.74, 6) is -0.447. The summed E-state index contributed by atoms with van der Waals surface area (Å²) in [5, 5.41) is 5.62. The third-order valence-corrected chi connectivity index (χ3v) is 7.51. The lowest BCUT2D eigenvalue weighted by atomic mass is 9.85. The Morgan fingerprint density at radius 3 is 2.70 bits per heavy atom. The zero-order chi connectivity index (χ0) is 25.5. The lowest BCUT2D eigenvalue weighted by Gasteiger charge is -2.46. The molecule has 1 aromatic carbocycles. The first-order valence-corrected chi connectivity index (χ1v) is 12.7. The van der Waals surface area contributed by atoms with Gasteiger partial charge < -0.3 is 14.8 Å². The van der Waals surface area contributed by atoms with Gasteiger partial charge in [-0.15, -0.1) is 0 Å². The predicted molar refractivity (Wildman–Crippen MR) is 138 cm³/mol. The number of benzene rings is 1. The molecule has 0 radical (unpaired) electrons. The molecule has 4 heterocycles. The van der Waals surface area contributed by atoms with E-state index in [1.165, 1.54) is 12.1 Å². The number of halogens is 1. The van der Waals surface area contributed by atoms with Crippen molar-refractivity contribution in [2.24, 2.45) is 0 Å². The summed E-state index contributed by atoms with van der Waals surface area (Å²) in [5.41, 5.74) is 3.95. The van der Waals surface area contributed by atoms with Crippen molar-refractivity contribution in [1.82, 2.24) is 39.4 Å². The van der Waals surface area contributed by atoms with Gasteiger partial charge in [-0.05, 0) is 56.8 Å². The molecule has 192 valence electrons. The number of carbonyl (C=O) groups is 1. The van der Waals surface area contributed by atoms with E-state index in [0.29, 0.717) is 37.3 Å². The minimum atomic E-state index is -0.360. The molecule has 4 aromatic rings. The first kappa shape index (κ1) is 23.7. The van der Waals surface area contributed by atoms with Crippen molar-refractivity contribution in [2.45, 2.75) is 31.5 Å². The SMILES string of the molecule is CN(C)Cc1cc(F)cc(C(=O)N2CCN(C3CC(n4cc(-c5ncnc6[nH]ccc56)cn4)C3)CC2)c1. The number of hydrogen-bond donors (Lipinski definition) is 1. The zero-order valence-corrected chi connectivity index (χ0v) is 21.1. The minimum Gasteiger partial charge on any atom is -0.346 e. The van der Waals surface area contributed by atoms with Crippen LogP contribution in [-0.4, -0.2) is 91.7 Å². The third kappa shape index (κ3) is 4.74. The van der Waals surface area contributed by atoms with Crippen LogP contribution in [0.2, 0.25) is 0 Å². The molecule has 37 heavy (non-hydrogen) atoms. The lowest BCUT2D eigenvalue weighted by molar-refractivity contribution is 0.0294. The molecular formula is C27H31FN8O.